The summed E-state index contributed by atoms with van der Waals surface area (Å²) < 4.78 is 1.98. The SMILES string of the molecule is CN1CCCc2c1cnn2C. The average molecular weight is 151 g/mol. The Bertz CT molecular complexity index is 264. The lowest BCUT2D eigenvalue weighted by atomic mass is 10.1. The lowest BCUT2D eigenvalue weighted by molar-refractivity contribution is 0.658. The fraction of sp³-hybridized carbons (Fsp3) is 0.625. The van der Waals surface area contributed by atoms with Gasteiger partial charge in [0.25, 0.3) is 0 Å². The van der Waals surface area contributed by atoms with E-state index in [-0.39, 0.29) is 0 Å². The predicted octanol–water partition coefficient (Wildman–Crippen LogP) is 0.802. The minimum atomic E-state index is 1.17. The molecule has 60 valence electrons. The second-order valence-electron chi connectivity index (χ2n) is 3.13. The highest BCUT2D eigenvalue weighted by Crippen LogP contribution is 2.24. The molecular formula is C8H13N3. The highest BCUT2D eigenvalue weighted by molar-refractivity contribution is 5.50. The Kier molecular flexibility index (Phi) is 1.37. The molecule has 11 heavy (non-hydrogen) atoms. The number of hydrogen-bond acceptors (Lipinski definition) is 2. The summed E-state index contributed by atoms with van der Waals surface area (Å²) in [5, 5.41) is 4.22. The molecule has 0 saturated carbocycles. The zero-order valence-corrected chi connectivity index (χ0v) is 7.04. The number of aryl methyl sites for hydroxylation is 1. The Morgan fingerprint density at radius 3 is 3.00 bits per heavy atom. The summed E-state index contributed by atoms with van der Waals surface area (Å²) in [6, 6.07) is 0. The molecule has 2 rings (SSSR count). The van der Waals surface area contributed by atoms with Gasteiger partial charge in [0.15, 0.2) is 0 Å². The molecule has 3 nitrogen and oxygen atoms in total. The van der Waals surface area contributed by atoms with E-state index in [1.54, 1.807) is 0 Å². The third kappa shape index (κ3) is 0.914. The number of aromatic nitrogens is 2. The van der Waals surface area contributed by atoms with Gasteiger partial charge in [0.1, 0.15) is 0 Å². The highest BCUT2D eigenvalue weighted by atomic mass is 15.3. The van der Waals surface area contributed by atoms with Crippen LogP contribution in [0.15, 0.2) is 6.20 Å². The van der Waals surface area contributed by atoms with Crippen molar-refractivity contribution in [3.8, 4) is 0 Å². The van der Waals surface area contributed by atoms with E-state index in [0.29, 0.717) is 0 Å². The van der Waals surface area contributed by atoms with E-state index in [9.17, 15) is 0 Å². The van der Waals surface area contributed by atoms with Crippen LogP contribution in [0.4, 0.5) is 5.69 Å². The summed E-state index contributed by atoms with van der Waals surface area (Å²) in [5.74, 6) is 0. The van der Waals surface area contributed by atoms with Crippen molar-refractivity contribution >= 4 is 5.69 Å². The summed E-state index contributed by atoms with van der Waals surface area (Å²) in [5.41, 5.74) is 2.68. The molecule has 0 atom stereocenters. The number of nitrogens with zero attached hydrogens (tertiary/aromatic N) is 3. The average Bonchev–Trinajstić information content (AvgIpc) is 2.35. The maximum absolute atomic E-state index is 4.22. The van der Waals surface area contributed by atoms with Crippen molar-refractivity contribution < 1.29 is 0 Å². The quantitative estimate of drug-likeness (QED) is 0.547. The molecule has 0 N–H and O–H groups in total. The molecule has 1 aliphatic heterocycles. The first kappa shape index (κ1) is 6.70. The summed E-state index contributed by atoms with van der Waals surface area (Å²) in [7, 11) is 4.14. The van der Waals surface area contributed by atoms with Crippen molar-refractivity contribution in [2.45, 2.75) is 12.8 Å². The van der Waals surface area contributed by atoms with Crippen LogP contribution in [0.2, 0.25) is 0 Å². The second-order valence-corrected chi connectivity index (χ2v) is 3.13. The molecule has 0 radical (unpaired) electrons. The van der Waals surface area contributed by atoms with Crippen LogP contribution in [0.5, 0.6) is 0 Å². The molecule has 0 bridgehead atoms. The summed E-state index contributed by atoms with van der Waals surface area (Å²) in [6.07, 6.45) is 4.38. The maximum atomic E-state index is 4.22. The zero-order valence-electron chi connectivity index (χ0n) is 7.04. The van der Waals surface area contributed by atoms with Gasteiger partial charge in [0.2, 0.25) is 0 Å². The predicted molar refractivity (Wildman–Crippen MR) is 44.8 cm³/mol. The van der Waals surface area contributed by atoms with Gasteiger partial charge < -0.3 is 4.90 Å². The topological polar surface area (TPSA) is 21.1 Å². The van der Waals surface area contributed by atoms with Crippen LogP contribution in [-0.4, -0.2) is 23.4 Å². The van der Waals surface area contributed by atoms with Gasteiger partial charge in [-0.25, -0.2) is 0 Å². The van der Waals surface area contributed by atoms with E-state index in [1.165, 1.54) is 30.8 Å². The first-order valence-electron chi connectivity index (χ1n) is 4.01. The van der Waals surface area contributed by atoms with E-state index < -0.39 is 0 Å². The van der Waals surface area contributed by atoms with Gasteiger partial charge in [0, 0.05) is 20.6 Å². The van der Waals surface area contributed by atoms with E-state index in [4.69, 9.17) is 0 Å². The van der Waals surface area contributed by atoms with Crippen molar-refractivity contribution in [3.05, 3.63) is 11.9 Å². The van der Waals surface area contributed by atoms with Crippen LogP contribution in [0, 0.1) is 0 Å². The van der Waals surface area contributed by atoms with Gasteiger partial charge in [-0.15, -0.1) is 0 Å². The maximum Gasteiger partial charge on any atom is 0.0782 e. The molecule has 3 heteroatoms. The largest absolute Gasteiger partial charge is 0.372 e. The first-order valence-corrected chi connectivity index (χ1v) is 4.01. The van der Waals surface area contributed by atoms with Gasteiger partial charge in [0.05, 0.1) is 17.6 Å². The van der Waals surface area contributed by atoms with Gasteiger partial charge in [-0.05, 0) is 12.8 Å². The molecule has 0 aliphatic carbocycles. The number of fused-ring (bicyclic) bond motifs is 1. The molecule has 1 aliphatic rings. The summed E-state index contributed by atoms with van der Waals surface area (Å²) in [6.45, 7) is 1.17. The smallest absolute Gasteiger partial charge is 0.0782 e. The minimum Gasteiger partial charge on any atom is -0.372 e. The number of rotatable bonds is 0. The monoisotopic (exact) mass is 151 g/mol. The van der Waals surface area contributed by atoms with E-state index in [0.717, 1.165) is 0 Å². The lowest BCUT2D eigenvalue weighted by Gasteiger charge is -2.24. The molecule has 1 aromatic rings. The summed E-state index contributed by atoms with van der Waals surface area (Å²) >= 11 is 0. The van der Waals surface area contributed by atoms with E-state index >= 15 is 0 Å². The second kappa shape index (κ2) is 2.26. The summed E-state index contributed by atoms with van der Waals surface area (Å²) in [4.78, 5) is 2.27. The highest BCUT2D eigenvalue weighted by Gasteiger charge is 2.16. The van der Waals surface area contributed by atoms with Gasteiger partial charge >= 0.3 is 0 Å². The van der Waals surface area contributed by atoms with Crippen molar-refractivity contribution in [1.29, 1.82) is 0 Å². The van der Waals surface area contributed by atoms with Crippen LogP contribution in [0.25, 0.3) is 0 Å². The van der Waals surface area contributed by atoms with Crippen molar-refractivity contribution in [2.24, 2.45) is 7.05 Å². The molecule has 0 spiro atoms. The van der Waals surface area contributed by atoms with Crippen LogP contribution < -0.4 is 4.90 Å². The number of anilines is 1. The van der Waals surface area contributed by atoms with E-state index in [2.05, 4.69) is 17.0 Å². The minimum absolute atomic E-state index is 1.17. The molecule has 0 amide bonds. The Morgan fingerprint density at radius 1 is 1.45 bits per heavy atom. The Labute approximate surface area is 66.6 Å². The zero-order chi connectivity index (χ0) is 7.84. The van der Waals surface area contributed by atoms with Gasteiger partial charge in [-0.2, -0.15) is 5.10 Å². The third-order valence-corrected chi connectivity index (χ3v) is 2.36. The van der Waals surface area contributed by atoms with Crippen molar-refractivity contribution in [2.75, 3.05) is 18.5 Å². The fourth-order valence-corrected chi connectivity index (χ4v) is 1.66. The Hall–Kier alpha value is -0.990. The normalized spacial score (nSPS) is 16.7. The van der Waals surface area contributed by atoms with Crippen LogP contribution >= 0.6 is 0 Å². The van der Waals surface area contributed by atoms with Gasteiger partial charge in [-0.3, -0.25) is 4.68 Å². The first-order chi connectivity index (χ1) is 5.29. The third-order valence-electron chi connectivity index (χ3n) is 2.36. The van der Waals surface area contributed by atoms with Crippen molar-refractivity contribution in [3.63, 3.8) is 0 Å². The molecule has 0 saturated heterocycles. The lowest BCUT2D eigenvalue weighted by Crippen LogP contribution is -2.24. The van der Waals surface area contributed by atoms with Gasteiger partial charge in [-0.1, -0.05) is 0 Å². The Balaban J connectivity index is 2.46. The number of hydrogen-bond donors (Lipinski definition) is 0. The molecule has 0 aromatic carbocycles. The Morgan fingerprint density at radius 2 is 2.27 bits per heavy atom. The molecule has 2 heterocycles. The van der Waals surface area contributed by atoms with E-state index in [1.807, 2.05) is 17.9 Å². The fourth-order valence-electron chi connectivity index (χ4n) is 1.66. The van der Waals surface area contributed by atoms with Crippen LogP contribution in [0.1, 0.15) is 12.1 Å². The molecular weight excluding hydrogens is 138 g/mol. The van der Waals surface area contributed by atoms with Crippen LogP contribution in [0.3, 0.4) is 0 Å². The van der Waals surface area contributed by atoms with Crippen molar-refractivity contribution in [1.82, 2.24) is 9.78 Å². The van der Waals surface area contributed by atoms with Crippen LogP contribution in [-0.2, 0) is 13.5 Å². The standard InChI is InChI=1S/C8H13N3/c1-10-5-3-4-7-8(10)6-9-11(7)2/h6H,3-5H2,1-2H3. The molecule has 0 unspecified atom stereocenters. The molecule has 1 aromatic heterocycles. The molecule has 0 fully saturated rings.